The molecule has 0 unspecified atom stereocenters. The summed E-state index contributed by atoms with van der Waals surface area (Å²) in [5, 5.41) is 4.52. The predicted octanol–water partition coefficient (Wildman–Crippen LogP) is 4.32. The quantitative estimate of drug-likeness (QED) is 0.553. The molecule has 0 fully saturated rings. The molecule has 0 bridgehead atoms. The van der Waals surface area contributed by atoms with E-state index in [2.05, 4.69) is 20.3 Å². The maximum atomic E-state index is 12.7. The number of hydrogen-bond donors (Lipinski definition) is 1. The third kappa shape index (κ3) is 4.00. The number of rotatable bonds is 5. The Morgan fingerprint density at radius 1 is 1.00 bits per heavy atom. The molecule has 0 saturated carbocycles. The standard InChI is InChI=1S/C22H17ClN4O/c23-17-5-3-15(4-6-17)7-11-26-22(28)21-12-18(16-2-1-9-24-13-16)19-14-25-10-8-20(19)27-21/h1-6,8-10,12-14H,7,11H2,(H,26,28). The van der Waals surface area contributed by atoms with Crippen LogP contribution in [0.15, 0.2) is 73.3 Å². The van der Waals surface area contributed by atoms with Crippen molar-refractivity contribution in [2.45, 2.75) is 6.42 Å². The van der Waals surface area contributed by atoms with Crippen LogP contribution in [0.1, 0.15) is 16.1 Å². The average molecular weight is 389 g/mol. The molecule has 1 amide bonds. The Labute approximate surface area is 167 Å². The fourth-order valence-electron chi connectivity index (χ4n) is 3.01. The Bertz CT molecular complexity index is 1110. The summed E-state index contributed by atoms with van der Waals surface area (Å²) in [4.78, 5) is 25.6. The van der Waals surface area contributed by atoms with Gasteiger partial charge in [0, 0.05) is 47.3 Å². The molecule has 138 valence electrons. The van der Waals surface area contributed by atoms with E-state index >= 15 is 0 Å². The van der Waals surface area contributed by atoms with Gasteiger partial charge in [0.15, 0.2) is 0 Å². The maximum absolute atomic E-state index is 12.7. The first-order valence-electron chi connectivity index (χ1n) is 8.88. The van der Waals surface area contributed by atoms with E-state index in [1.807, 2.05) is 36.4 Å². The van der Waals surface area contributed by atoms with E-state index in [9.17, 15) is 4.79 Å². The van der Waals surface area contributed by atoms with Gasteiger partial charge < -0.3 is 5.32 Å². The van der Waals surface area contributed by atoms with Crippen molar-refractivity contribution < 1.29 is 4.79 Å². The lowest BCUT2D eigenvalue weighted by Gasteiger charge is -2.10. The molecule has 28 heavy (non-hydrogen) atoms. The summed E-state index contributed by atoms with van der Waals surface area (Å²) in [6, 6.07) is 15.0. The van der Waals surface area contributed by atoms with Gasteiger partial charge in [-0.15, -0.1) is 0 Å². The van der Waals surface area contributed by atoms with Crippen molar-refractivity contribution in [3.63, 3.8) is 0 Å². The van der Waals surface area contributed by atoms with Gasteiger partial charge in [0.2, 0.25) is 0 Å². The number of halogens is 1. The molecule has 4 aromatic rings. The summed E-state index contributed by atoms with van der Waals surface area (Å²) in [6.45, 7) is 0.513. The van der Waals surface area contributed by atoms with Crippen molar-refractivity contribution in [1.82, 2.24) is 20.3 Å². The van der Waals surface area contributed by atoms with E-state index in [0.717, 1.165) is 34.0 Å². The SMILES string of the molecule is O=C(NCCc1ccc(Cl)cc1)c1cc(-c2cccnc2)c2cnccc2n1. The van der Waals surface area contributed by atoms with E-state index in [4.69, 9.17) is 11.6 Å². The van der Waals surface area contributed by atoms with E-state index < -0.39 is 0 Å². The van der Waals surface area contributed by atoms with E-state index in [1.54, 1.807) is 36.9 Å². The Morgan fingerprint density at radius 3 is 2.61 bits per heavy atom. The number of nitrogens with zero attached hydrogens (tertiary/aromatic N) is 3. The van der Waals surface area contributed by atoms with Crippen molar-refractivity contribution >= 4 is 28.4 Å². The first-order chi connectivity index (χ1) is 13.7. The summed E-state index contributed by atoms with van der Waals surface area (Å²) in [5.41, 5.74) is 4.00. The zero-order chi connectivity index (χ0) is 19.3. The van der Waals surface area contributed by atoms with Gasteiger partial charge in [-0.2, -0.15) is 0 Å². The lowest BCUT2D eigenvalue weighted by atomic mass is 10.0. The van der Waals surface area contributed by atoms with Crippen molar-refractivity contribution in [1.29, 1.82) is 0 Å². The second-order valence-corrected chi connectivity index (χ2v) is 6.76. The summed E-state index contributed by atoms with van der Waals surface area (Å²) in [6.07, 6.45) is 7.63. The average Bonchev–Trinajstić information content (AvgIpc) is 2.75. The number of carbonyl (C=O) groups excluding carboxylic acids is 1. The molecule has 4 rings (SSSR count). The predicted molar refractivity (Wildman–Crippen MR) is 110 cm³/mol. The number of benzene rings is 1. The molecule has 1 N–H and O–H groups in total. The minimum Gasteiger partial charge on any atom is -0.350 e. The van der Waals surface area contributed by atoms with Crippen LogP contribution in [0.5, 0.6) is 0 Å². The molecule has 0 spiro atoms. The van der Waals surface area contributed by atoms with Gasteiger partial charge in [-0.25, -0.2) is 4.98 Å². The van der Waals surface area contributed by atoms with Crippen LogP contribution in [0, 0.1) is 0 Å². The van der Waals surface area contributed by atoms with E-state index in [-0.39, 0.29) is 5.91 Å². The number of aromatic nitrogens is 3. The van der Waals surface area contributed by atoms with Crippen LogP contribution in [0.3, 0.4) is 0 Å². The zero-order valence-electron chi connectivity index (χ0n) is 15.0. The number of pyridine rings is 3. The Balaban J connectivity index is 1.57. The molecular weight excluding hydrogens is 372 g/mol. The van der Waals surface area contributed by atoms with Gasteiger partial charge in [-0.3, -0.25) is 14.8 Å². The van der Waals surface area contributed by atoms with Crippen molar-refractivity contribution in [3.8, 4) is 11.1 Å². The molecule has 5 nitrogen and oxygen atoms in total. The molecule has 0 saturated heterocycles. The van der Waals surface area contributed by atoms with Gasteiger partial charge >= 0.3 is 0 Å². The summed E-state index contributed by atoms with van der Waals surface area (Å²) in [7, 11) is 0. The molecule has 0 aliphatic carbocycles. The topological polar surface area (TPSA) is 67.8 Å². The number of amides is 1. The summed E-state index contributed by atoms with van der Waals surface area (Å²) in [5.74, 6) is -0.210. The van der Waals surface area contributed by atoms with Gasteiger partial charge in [0.1, 0.15) is 5.69 Å². The van der Waals surface area contributed by atoms with Gasteiger partial charge in [0.25, 0.3) is 5.91 Å². The number of fused-ring (bicyclic) bond motifs is 1. The highest BCUT2D eigenvalue weighted by atomic mass is 35.5. The van der Waals surface area contributed by atoms with Crippen LogP contribution < -0.4 is 5.32 Å². The minimum atomic E-state index is -0.210. The lowest BCUT2D eigenvalue weighted by Crippen LogP contribution is -2.26. The van der Waals surface area contributed by atoms with Gasteiger partial charge in [-0.1, -0.05) is 29.8 Å². The third-order valence-corrected chi connectivity index (χ3v) is 4.68. The largest absolute Gasteiger partial charge is 0.350 e. The monoisotopic (exact) mass is 388 g/mol. The van der Waals surface area contributed by atoms with Crippen molar-refractivity contribution in [2.24, 2.45) is 0 Å². The van der Waals surface area contributed by atoms with Gasteiger partial charge in [0.05, 0.1) is 5.52 Å². The number of carbonyl (C=O) groups is 1. The lowest BCUT2D eigenvalue weighted by molar-refractivity contribution is 0.0949. The fourth-order valence-corrected chi connectivity index (χ4v) is 3.13. The Kier molecular flexibility index (Phi) is 5.26. The third-order valence-electron chi connectivity index (χ3n) is 4.43. The summed E-state index contributed by atoms with van der Waals surface area (Å²) >= 11 is 5.90. The molecule has 0 aliphatic heterocycles. The number of nitrogens with one attached hydrogen (secondary N) is 1. The smallest absolute Gasteiger partial charge is 0.269 e. The van der Waals surface area contributed by atoms with Crippen molar-refractivity contribution in [3.05, 3.63) is 89.6 Å². The van der Waals surface area contributed by atoms with Gasteiger partial charge in [-0.05, 0) is 47.9 Å². The molecular formula is C22H17ClN4O. The highest BCUT2D eigenvalue weighted by Crippen LogP contribution is 2.27. The molecule has 0 radical (unpaired) electrons. The molecule has 3 aromatic heterocycles. The highest BCUT2D eigenvalue weighted by molar-refractivity contribution is 6.30. The van der Waals surface area contributed by atoms with E-state index in [0.29, 0.717) is 17.3 Å². The van der Waals surface area contributed by atoms with Crippen LogP contribution in [-0.4, -0.2) is 27.4 Å². The van der Waals surface area contributed by atoms with Crippen LogP contribution in [0.25, 0.3) is 22.0 Å². The van der Waals surface area contributed by atoms with Crippen LogP contribution >= 0.6 is 11.6 Å². The molecule has 6 heteroatoms. The van der Waals surface area contributed by atoms with E-state index in [1.165, 1.54) is 0 Å². The van der Waals surface area contributed by atoms with Crippen molar-refractivity contribution in [2.75, 3.05) is 6.54 Å². The normalized spacial score (nSPS) is 10.8. The highest BCUT2D eigenvalue weighted by Gasteiger charge is 2.13. The molecule has 1 aromatic carbocycles. The Hall–Kier alpha value is -3.31. The minimum absolute atomic E-state index is 0.210. The Morgan fingerprint density at radius 2 is 1.82 bits per heavy atom. The van der Waals surface area contributed by atoms with Crippen LogP contribution in [-0.2, 0) is 6.42 Å². The summed E-state index contributed by atoms with van der Waals surface area (Å²) < 4.78 is 0. The first kappa shape index (κ1) is 18.1. The molecule has 3 heterocycles. The second kappa shape index (κ2) is 8.15. The van der Waals surface area contributed by atoms with Crippen LogP contribution in [0.2, 0.25) is 5.02 Å². The molecule has 0 aliphatic rings. The first-order valence-corrected chi connectivity index (χ1v) is 9.26. The fraction of sp³-hybridized carbons (Fsp3) is 0.0909. The second-order valence-electron chi connectivity index (χ2n) is 6.32. The zero-order valence-corrected chi connectivity index (χ0v) is 15.7. The molecule has 0 atom stereocenters. The number of hydrogen-bond acceptors (Lipinski definition) is 4. The van der Waals surface area contributed by atoms with Crippen LogP contribution in [0.4, 0.5) is 0 Å². The maximum Gasteiger partial charge on any atom is 0.269 e.